The second-order valence-corrected chi connectivity index (χ2v) is 4.66. The molecule has 0 amide bonds. The van der Waals surface area contributed by atoms with Crippen LogP contribution in [0, 0.1) is 15.9 Å². The molecule has 0 aliphatic carbocycles. The van der Waals surface area contributed by atoms with Gasteiger partial charge in [0.1, 0.15) is 18.0 Å². The fraction of sp³-hybridized carbons (Fsp3) is 0.462. The lowest BCUT2D eigenvalue weighted by Gasteiger charge is -2.22. The smallest absolute Gasteiger partial charge is 0.338 e. The molecule has 21 heavy (non-hydrogen) atoms. The van der Waals surface area contributed by atoms with Crippen LogP contribution < -0.4 is 4.74 Å². The molecule has 7 nitrogen and oxygen atoms in total. The second kappa shape index (κ2) is 6.49. The molecule has 2 rings (SSSR count). The summed E-state index contributed by atoms with van der Waals surface area (Å²) >= 11 is 0. The van der Waals surface area contributed by atoms with E-state index in [-0.39, 0.29) is 18.5 Å². The molecular weight excluding hydrogens is 285 g/mol. The minimum atomic E-state index is -1.57. The molecule has 1 heterocycles. The van der Waals surface area contributed by atoms with Crippen LogP contribution in [0.1, 0.15) is 29.6 Å². The third-order valence-corrected chi connectivity index (χ3v) is 3.17. The van der Waals surface area contributed by atoms with Gasteiger partial charge in [0.05, 0.1) is 11.0 Å². The van der Waals surface area contributed by atoms with E-state index >= 15 is 0 Å². The average Bonchev–Trinajstić information content (AvgIpc) is 2.45. The Labute approximate surface area is 119 Å². The fourth-order valence-electron chi connectivity index (χ4n) is 2.09. The number of benzene rings is 1. The van der Waals surface area contributed by atoms with Crippen molar-refractivity contribution in [1.82, 2.24) is 0 Å². The zero-order valence-electron chi connectivity index (χ0n) is 11.1. The highest BCUT2D eigenvalue weighted by Crippen LogP contribution is 2.30. The van der Waals surface area contributed by atoms with Crippen LogP contribution in [-0.2, 0) is 4.74 Å². The average molecular weight is 299 g/mol. The van der Waals surface area contributed by atoms with E-state index in [1.807, 2.05) is 0 Å². The molecule has 1 aliphatic rings. The normalized spacial score (nSPS) is 18.2. The third-order valence-electron chi connectivity index (χ3n) is 3.17. The molecule has 0 bridgehead atoms. The molecule has 8 heteroatoms. The molecule has 1 aromatic rings. The van der Waals surface area contributed by atoms with Gasteiger partial charge >= 0.3 is 11.7 Å². The molecular formula is C13H14FNO6. The maximum Gasteiger partial charge on any atom is 0.338 e. The van der Waals surface area contributed by atoms with Gasteiger partial charge in [-0.1, -0.05) is 0 Å². The van der Waals surface area contributed by atoms with Gasteiger partial charge in [0, 0.05) is 18.7 Å². The van der Waals surface area contributed by atoms with E-state index in [0.29, 0.717) is 12.7 Å². The van der Waals surface area contributed by atoms with E-state index in [4.69, 9.17) is 14.6 Å². The SMILES string of the molecule is O=C(O)c1cc([N+](=O)[O-])c(OCC2CCCCO2)cc1F. The number of carbonyl (C=O) groups is 1. The lowest BCUT2D eigenvalue weighted by molar-refractivity contribution is -0.386. The molecule has 1 unspecified atom stereocenters. The summed E-state index contributed by atoms with van der Waals surface area (Å²) in [6.45, 7) is 0.662. The van der Waals surface area contributed by atoms with Gasteiger partial charge in [-0.3, -0.25) is 10.1 Å². The molecule has 0 spiro atoms. The Kier molecular flexibility index (Phi) is 4.69. The minimum absolute atomic E-state index is 0.0622. The molecule has 1 N–H and O–H groups in total. The van der Waals surface area contributed by atoms with Crippen LogP contribution >= 0.6 is 0 Å². The van der Waals surface area contributed by atoms with Crippen LogP contribution in [0.25, 0.3) is 0 Å². The zero-order valence-corrected chi connectivity index (χ0v) is 11.1. The van der Waals surface area contributed by atoms with Crippen molar-refractivity contribution in [3.63, 3.8) is 0 Å². The van der Waals surface area contributed by atoms with Crippen molar-refractivity contribution in [2.75, 3.05) is 13.2 Å². The highest BCUT2D eigenvalue weighted by molar-refractivity contribution is 5.89. The van der Waals surface area contributed by atoms with E-state index < -0.39 is 28.0 Å². The Morgan fingerprint density at radius 2 is 2.29 bits per heavy atom. The van der Waals surface area contributed by atoms with E-state index in [0.717, 1.165) is 25.3 Å². The number of carboxylic acids is 1. The van der Waals surface area contributed by atoms with Crippen molar-refractivity contribution in [3.8, 4) is 5.75 Å². The van der Waals surface area contributed by atoms with E-state index in [1.165, 1.54) is 0 Å². The molecule has 0 aromatic heterocycles. The Hall–Kier alpha value is -2.22. The number of nitro benzene ring substituents is 1. The number of rotatable bonds is 5. The first-order valence-corrected chi connectivity index (χ1v) is 6.44. The summed E-state index contributed by atoms with van der Waals surface area (Å²) < 4.78 is 24.3. The lowest BCUT2D eigenvalue weighted by atomic mass is 10.1. The van der Waals surface area contributed by atoms with E-state index in [9.17, 15) is 19.3 Å². The third kappa shape index (κ3) is 3.66. The van der Waals surface area contributed by atoms with Crippen molar-refractivity contribution in [2.24, 2.45) is 0 Å². The Morgan fingerprint density at radius 1 is 1.52 bits per heavy atom. The van der Waals surface area contributed by atoms with Crippen LogP contribution in [0.15, 0.2) is 12.1 Å². The number of ether oxygens (including phenoxy) is 2. The molecule has 0 radical (unpaired) electrons. The summed E-state index contributed by atoms with van der Waals surface area (Å²) in [5, 5.41) is 19.7. The van der Waals surface area contributed by atoms with Crippen molar-refractivity contribution in [3.05, 3.63) is 33.6 Å². The summed E-state index contributed by atoms with van der Waals surface area (Å²) in [6.07, 6.45) is 2.50. The molecule has 114 valence electrons. The minimum Gasteiger partial charge on any atom is -0.484 e. The van der Waals surface area contributed by atoms with Crippen molar-refractivity contribution in [1.29, 1.82) is 0 Å². The van der Waals surface area contributed by atoms with Crippen LogP contribution in [0.5, 0.6) is 5.75 Å². The van der Waals surface area contributed by atoms with Gasteiger partial charge in [-0.05, 0) is 19.3 Å². The number of nitro groups is 1. The summed E-state index contributed by atoms with van der Waals surface area (Å²) in [5.41, 5.74) is -1.34. The highest BCUT2D eigenvalue weighted by atomic mass is 19.1. The van der Waals surface area contributed by atoms with Gasteiger partial charge in [-0.2, -0.15) is 0 Å². The maximum absolute atomic E-state index is 13.6. The molecule has 1 fully saturated rings. The monoisotopic (exact) mass is 299 g/mol. The number of hydrogen-bond donors (Lipinski definition) is 1. The lowest BCUT2D eigenvalue weighted by Crippen LogP contribution is -2.26. The maximum atomic E-state index is 13.6. The number of carboxylic acid groups (broad SMARTS) is 1. The van der Waals surface area contributed by atoms with E-state index in [2.05, 4.69) is 0 Å². The van der Waals surface area contributed by atoms with Gasteiger partial charge < -0.3 is 14.6 Å². The van der Waals surface area contributed by atoms with Gasteiger partial charge in [-0.25, -0.2) is 9.18 Å². The Balaban J connectivity index is 2.19. The van der Waals surface area contributed by atoms with Crippen molar-refractivity contribution in [2.45, 2.75) is 25.4 Å². The number of halogens is 1. The second-order valence-electron chi connectivity index (χ2n) is 4.66. The first kappa shape index (κ1) is 15.2. The molecule has 1 aromatic carbocycles. The van der Waals surface area contributed by atoms with Crippen LogP contribution in [0.3, 0.4) is 0 Å². The van der Waals surface area contributed by atoms with Gasteiger partial charge in [0.25, 0.3) is 0 Å². The summed E-state index contributed by atoms with van der Waals surface area (Å²) in [7, 11) is 0. The predicted octanol–water partition coefficient (Wildman–Crippen LogP) is 2.38. The summed E-state index contributed by atoms with van der Waals surface area (Å²) in [4.78, 5) is 20.9. The number of hydrogen-bond acceptors (Lipinski definition) is 5. The quantitative estimate of drug-likeness (QED) is 0.662. The highest BCUT2D eigenvalue weighted by Gasteiger charge is 2.24. The van der Waals surface area contributed by atoms with E-state index in [1.54, 1.807) is 0 Å². The Morgan fingerprint density at radius 3 is 2.86 bits per heavy atom. The van der Waals surface area contributed by atoms with Crippen LogP contribution in [0.2, 0.25) is 0 Å². The first-order chi connectivity index (χ1) is 9.99. The zero-order chi connectivity index (χ0) is 15.4. The van der Waals surface area contributed by atoms with Gasteiger partial charge in [0.15, 0.2) is 5.75 Å². The first-order valence-electron chi connectivity index (χ1n) is 6.44. The number of nitrogens with zero attached hydrogens (tertiary/aromatic N) is 1. The summed E-state index contributed by atoms with van der Waals surface area (Å²) in [6, 6.07) is 1.39. The predicted molar refractivity (Wildman–Crippen MR) is 69.1 cm³/mol. The van der Waals surface area contributed by atoms with Gasteiger partial charge in [-0.15, -0.1) is 0 Å². The molecule has 1 aliphatic heterocycles. The van der Waals surface area contributed by atoms with Crippen LogP contribution in [0.4, 0.5) is 10.1 Å². The molecule has 1 saturated heterocycles. The molecule has 0 saturated carbocycles. The van der Waals surface area contributed by atoms with Crippen LogP contribution in [-0.4, -0.2) is 35.3 Å². The topological polar surface area (TPSA) is 98.9 Å². The fourth-order valence-corrected chi connectivity index (χ4v) is 2.09. The Bertz CT molecular complexity index is 556. The van der Waals surface area contributed by atoms with Crippen molar-refractivity contribution >= 4 is 11.7 Å². The van der Waals surface area contributed by atoms with Gasteiger partial charge in [0.2, 0.25) is 0 Å². The summed E-state index contributed by atoms with van der Waals surface area (Å²) in [5.74, 6) is -2.94. The standard InChI is InChI=1S/C13H14FNO6/c14-10-6-12(21-7-8-3-1-2-4-20-8)11(15(18)19)5-9(10)13(16)17/h5-6,8H,1-4,7H2,(H,16,17). The van der Waals surface area contributed by atoms with Crippen molar-refractivity contribution < 1.29 is 28.7 Å². The molecule has 1 atom stereocenters. The number of aromatic carboxylic acids is 1. The largest absolute Gasteiger partial charge is 0.484 e.